The van der Waals surface area contributed by atoms with E-state index in [0.29, 0.717) is 11.6 Å². The van der Waals surface area contributed by atoms with Gasteiger partial charge in [0.25, 0.3) is 0 Å². The Morgan fingerprint density at radius 1 is 1.21 bits per heavy atom. The number of nitrogens with zero attached hydrogens (tertiary/aromatic N) is 1. The van der Waals surface area contributed by atoms with Crippen LogP contribution in [0, 0.1) is 11.2 Å². The van der Waals surface area contributed by atoms with Crippen LogP contribution in [0.1, 0.15) is 32.4 Å². The molecule has 0 radical (unpaired) electrons. The highest BCUT2D eigenvalue weighted by Gasteiger charge is 2.28. The number of hydrogen-bond acceptors (Lipinski definition) is 3. The lowest BCUT2D eigenvalue weighted by molar-refractivity contribution is 0.229. The quantitative estimate of drug-likeness (QED) is 0.885. The summed E-state index contributed by atoms with van der Waals surface area (Å²) in [4.78, 5) is 16.4. The summed E-state index contributed by atoms with van der Waals surface area (Å²) in [5.41, 5.74) is 1.05. The van der Waals surface area contributed by atoms with Crippen molar-refractivity contribution in [2.75, 3.05) is 12.4 Å². The molecule has 0 bridgehead atoms. The molecule has 2 aromatic rings. The van der Waals surface area contributed by atoms with Crippen LogP contribution in [-0.2, 0) is 0 Å². The van der Waals surface area contributed by atoms with Gasteiger partial charge in [0.2, 0.25) is 5.88 Å². The van der Waals surface area contributed by atoms with Crippen LogP contribution in [-0.4, -0.2) is 18.1 Å². The smallest absolute Gasteiger partial charge is 0.319 e. The first-order valence-corrected chi connectivity index (χ1v) is 7.63. The monoisotopic (exact) mass is 331 g/mol. The van der Waals surface area contributed by atoms with Crippen LogP contribution in [0.15, 0.2) is 42.6 Å². The zero-order valence-corrected chi connectivity index (χ0v) is 14.3. The molecule has 1 heterocycles. The lowest BCUT2D eigenvalue weighted by Gasteiger charge is -2.32. The fourth-order valence-electron chi connectivity index (χ4n) is 2.39. The Morgan fingerprint density at radius 3 is 2.46 bits per heavy atom. The van der Waals surface area contributed by atoms with Gasteiger partial charge in [-0.05, 0) is 35.2 Å². The van der Waals surface area contributed by atoms with Gasteiger partial charge in [-0.1, -0.05) is 32.9 Å². The maximum atomic E-state index is 13.2. The van der Waals surface area contributed by atoms with Crippen LogP contribution in [0.25, 0.3) is 0 Å². The van der Waals surface area contributed by atoms with Crippen LogP contribution >= 0.6 is 0 Å². The summed E-state index contributed by atoms with van der Waals surface area (Å²) < 4.78 is 18.3. The van der Waals surface area contributed by atoms with E-state index < -0.39 is 0 Å². The van der Waals surface area contributed by atoms with Gasteiger partial charge >= 0.3 is 6.03 Å². The summed E-state index contributed by atoms with van der Waals surface area (Å²) in [5, 5.41) is 5.67. The Morgan fingerprint density at radius 2 is 1.88 bits per heavy atom. The van der Waals surface area contributed by atoms with Crippen molar-refractivity contribution < 1.29 is 13.9 Å². The molecule has 1 atom stereocenters. The lowest BCUT2D eigenvalue weighted by atomic mass is 9.82. The van der Waals surface area contributed by atoms with Gasteiger partial charge in [0.1, 0.15) is 11.5 Å². The van der Waals surface area contributed by atoms with Crippen molar-refractivity contribution >= 4 is 11.7 Å². The Bertz CT molecular complexity index is 696. The standard InChI is InChI=1S/C18H22FN3O2/c1-18(2,3)15(12-7-9-13(19)10-8-12)22-17(23)21-14-6-5-11-20-16(14)24-4/h5-11,15H,1-4H3,(H2,21,22,23)/t15-/m0/s1. The number of pyridine rings is 1. The Balaban J connectivity index is 2.17. The summed E-state index contributed by atoms with van der Waals surface area (Å²) in [7, 11) is 1.49. The van der Waals surface area contributed by atoms with Crippen molar-refractivity contribution in [1.82, 2.24) is 10.3 Å². The fourth-order valence-corrected chi connectivity index (χ4v) is 2.39. The zero-order valence-electron chi connectivity index (χ0n) is 14.3. The third-order valence-corrected chi connectivity index (χ3v) is 3.56. The first-order valence-electron chi connectivity index (χ1n) is 7.63. The Kier molecular flexibility index (Phi) is 5.39. The highest BCUT2D eigenvalue weighted by Crippen LogP contribution is 2.33. The third kappa shape index (κ3) is 4.44. The minimum atomic E-state index is -0.384. The number of amides is 2. The number of anilines is 1. The van der Waals surface area contributed by atoms with Crippen LogP contribution in [0.3, 0.4) is 0 Å². The van der Waals surface area contributed by atoms with Gasteiger partial charge in [-0.15, -0.1) is 0 Å². The van der Waals surface area contributed by atoms with Crippen LogP contribution in [0.4, 0.5) is 14.9 Å². The zero-order chi connectivity index (χ0) is 17.7. The minimum Gasteiger partial charge on any atom is -0.480 e. The first kappa shape index (κ1) is 17.7. The van der Waals surface area contributed by atoms with E-state index in [1.165, 1.54) is 19.2 Å². The van der Waals surface area contributed by atoms with E-state index >= 15 is 0 Å². The highest BCUT2D eigenvalue weighted by atomic mass is 19.1. The highest BCUT2D eigenvalue weighted by molar-refractivity contribution is 5.90. The number of hydrogen-bond donors (Lipinski definition) is 2. The maximum Gasteiger partial charge on any atom is 0.319 e. The van der Waals surface area contributed by atoms with Gasteiger partial charge in [-0.3, -0.25) is 0 Å². The molecule has 2 rings (SSSR count). The number of carbonyl (C=O) groups is 1. The molecule has 2 amide bonds. The van der Waals surface area contributed by atoms with E-state index in [4.69, 9.17) is 4.74 Å². The van der Waals surface area contributed by atoms with Crippen LogP contribution < -0.4 is 15.4 Å². The molecule has 1 aromatic carbocycles. The summed E-state index contributed by atoms with van der Waals surface area (Å²) in [6.45, 7) is 6.02. The summed E-state index contributed by atoms with van der Waals surface area (Å²) in [6, 6.07) is 8.86. The molecule has 0 aliphatic heterocycles. The topological polar surface area (TPSA) is 63.2 Å². The Labute approximate surface area is 141 Å². The molecule has 0 unspecified atom stereocenters. The number of carbonyl (C=O) groups excluding carboxylic acids is 1. The summed E-state index contributed by atoms with van der Waals surface area (Å²) >= 11 is 0. The van der Waals surface area contributed by atoms with Crippen molar-refractivity contribution in [3.8, 4) is 5.88 Å². The minimum absolute atomic E-state index is 0.256. The maximum absolute atomic E-state index is 13.2. The van der Waals surface area contributed by atoms with Crippen LogP contribution in [0.2, 0.25) is 0 Å². The Hall–Kier alpha value is -2.63. The van der Waals surface area contributed by atoms with Gasteiger partial charge in [0.15, 0.2) is 0 Å². The average molecular weight is 331 g/mol. The molecule has 24 heavy (non-hydrogen) atoms. The number of halogens is 1. The number of rotatable bonds is 4. The number of nitrogens with one attached hydrogen (secondary N) is 2. The van der Waals surface area contributed by atoms with Crippen molar-refractivity contribution in [2.24, 2.45) is 5.41 Å². The van der Waals surface area contributed by atoms with Gasteiger partial charge in [-0.25, -0.2) is 14.2 Å². The van der Waals surface area contributed by atoms with Gasteiger partial charge in [0, 0.05) is 6.20 Å². The van der Waals surface area contributed by atoms with E-state index in [-0.39, 0.29) is 23.3 Å². The number of methoxy groups -OCH3 is 1. The summed E-state index contributed by atoms with van der Waals surface area (Å²) in [6.07, 6.45) is 1.58. The summed E-state index contributed by atoms with van der Waals surface area (Å²) in [5.74, 6) is 0.0256. The third-order valence-electron chi connectivity index (χ3n) is 3.56. The number of urea groups is 1. The second-order valence-corrected chi connectivity index (χ2v) is 6.51. The van der Waals surface area contributed by atoms with Crippen molar-refractivity contribution in [2.45, 2.75) is 26.8 Å². The molecular formula is C18H22FN3O2. The predicted octanol–water partition coefficient (Wildman–Crippen LogP) is 4.14. The molecule has 0 aliphatic rings. The number of ether oxygens (including phenoxy) is 1. The molecule has 128 valence electrons. The molecule has 1 aromatic heterocycles. The first-order chi connectivity index (χ1) is 11.3. The predicted molar refractivity (Wildman–Crippen MR) is 91.5 cm³/mol. The largest absolute Gasteiger partial charge is 0.480 e. The molecule has 5 nitrogen and oxygen atoms in total. The van der Waals surface area contributed by atoms with E-state index in [1.54, 1.807) is 30.5 Å². The second-order valence-electron chi connectivity index (χ2n) is 6.51. The molecule has 2 N–H and O–H groups in total. The average Bonchev–Trinajstić information content (AvgIpc) is 2.53. The van der Waals surface area contributed by atoms with Gasteiger partial charge in [-0.2, -0.15) is 0 Å². The SMILES string of the molecule is COc1ncccc1NC(=O)N[C@@H](c1ccc(F)cc1)C(C)(C)C. The molecular weight excluding hydrogens is 309 g/mol. The molecule has 0 saturated carbocycles. The van der Waals surface area contributed by atoms with E-state index in [0.717, 1.165) is 5.56 Å². The van der Waals surface area contributed by atoms with Crippen molar-refractivity contribution in [3.63, 3.8) is 0 Å². The molecule has 0 spiro atoms. The van der Waals surface area contributed by atoms with E-state index in [9.17, 15) is 9.18 Å². The second kappa shape index (κ2) is 7.29. The van der Waals surface area contributed by atoms with Gasteiger partial charge < -0.3 is 15.4 Å². The van der Waals surface area contributed by atoms with Crippen molar-refractivity contribution in [1.29, 1.82) is 0 Å². The van der Waals surface area contributed by atoms with E-state index in [1.807, 2.05) is 20.8 Å². The van der Waals surface area contributed by atoms with E-state index in [2.05, 4.69) is 15.6 Å². The molecule has 0 aliphatic carbocycles. The molecule has 0 saturated heterocycles. The van der Waals surface area contributed by atoms with Crippen molar-refractivity contribution in [3.05, 3.63) is 54.0 Å². The normalized spacial score (nSPS) is 12.4. The lowest BCUT2D eigenvalue weighted by Crippen LogP contribution is -2.39. The van der Waals surface area contributed by atoms with Gasteiger partial charge in [0.05, 0.1) is 13.2 Å². The number of benzene rings is 1. The van der Waals surface area contributed by atoms with Crippen LogP contribution in [0.5, 0.6) is 5.88 Å². The number of aromatic nitrogens is 1. The molecule has 6 heteroatoms. The fraction of sp³-hybridized carbons (Fsp3) is 0.333. The molecule has 0 fully saturated rings.